The van der Waals surface area contributed by atoms with Gasteiger partial charge in [-0.3, -0.25) is 4.79 Å². The number of nitrogens with zero attached hydrogens (tertiary/aromatic N) is 5. The average molecular weight is 447 g/mol. The van der Waals surface area contributed by atoms with Gasteiger partial charge in [0.15, 0.2) is 11.2 Å². The molecule has 32 heavy (non-hydrogen) atoms. The zero-order valence-corrected chi connectivity index (χ0v) is 19.1. The molecule has 4 rings (SSSR count). The lowest BCUT2D eigenvalue weighted by Crippen LogP contribution is -2.14. The number of benzene rings is 2. The molecule has 0 aliphatic rings. The number of hydrogen-bond acceptors (Lipinski definition) is 6. The van der Waals surface area contributed by atoms with Gasteiger partial charge in [0, 0.05) is 5.69 Å². The lowest BCUT2D eigenvalue weighted by atomic mass is 10.1. The molecule has 0 unspecified atom stereocenters. The lowest BCUT2D eigenvalue weighted by molar-refractivity contribution is -0.113. The Labute approximate surface area is 191 Å². The first-order valence-corrected chi connectivity index (χ1v) is 11.7. The summed E-state index contributed by atoms with van der Waals surface area (Å²) in [5, 5.41) is 12.1. The molecule has 0 spiro atoms. The number of thioether (sulfide) groups is 1. The minimum absolute atomic E-state index is 0.0879. The highest BCUT2D eigenvalue weighted by molar-refractivity contribution is 8.00. The third-order valence-electron chi connectivity index (χ3n) is 5.12. The molecule has 0 atom stereocenters. The van der Waals surface area contributed by atoms with Crippen molar-refractivity contribution in [3.63, 3.8) is 0 Å². The van der Waals surface area contributed by atoms with Crippen LogP contribution >= 0.6 is 11.8 Å². The van der Waals surface area contributed by atoms with Crippen molar-refractivity contribution in [3.8, 4) is 0 Å². The van der Waals surface area contributed by atoms with Crippen LogP contribution in [0.1, 0.15) is 36.5 Å². The molecule has 0 fully saturated rings. The molecule has 2 aromatic heterocycles. The van der Waals surface area contributed by atoms with Crippen molar-refractivity contribution in [2.75, 3.05) is 11.1 Å². The Morgan fingerprint density at radius 3 is 2.53 bits per heavy atom. The summed E-state index contributed by atoms with van der Waals surface area (Å²) in [5.41, 5.74) is 5.69. The van der Waals surface area contributed by atoms with Crippen LogP contribution in [0.5, 0.6) is 0 Å². The van der Waals surface area contributed by atoms with Crippen LogP contribution < -0.4 is 5.32 Å². The van der Waals surface area contributed by atoms with Gasteiger partial charge in [0.25, 0.3) is 0 Å². The summed E-state index contributed by atoms with van der Waals surface area (Å²) in [6, 6.07) is 16.3. The molecule has 1 amide bonds. The maximum atomic E-state index is 12.4. The van der Waals surface area contributed by atoms with E-state index in [1.807, 2.05) is 12.1 Å². The number of carbonyl (C=O) groups excluding carboxylic acids is 1. The largest absolute Gasteiger partial charge is 0.325 e. The first kappa shape index (κ1) is 22.0. The van der Waals surface area contributed by atoms with Crippen molar-refractivity contribution in [1.29, 1.82) is 0 Å². The van der Waals surface area contributed by atoms with Crippen LogP contribution in [0.15, 0.2) is 59.9 Å². The highest BCUT2D eigenvalue weighted by atomic mass is 32.2. The number of amides is 1. The molecule has 0 saturated carbocycles. The molecular weight excluding hydrogens is 420 g/mol. The van der Waals surface area contributed by atoms with E-state index >= 15 is 0 Å². The van der Waals surface area contributed by atoms with E-state index in [0.717, 1.165) is 17.7 Å². The summed E-state index contributed by atoms with van der Waals surface area (Å²) >= 11 is 1.33. The van der Waals surface area contributed by atoms with Gasteiger partial charge in [0.1, 0.15) is 11.4 Å². The van der Waals surface area contributed by atoms with E-state index in [-0.39, 0.29) is 11.7 Å². The van der Waals surface area contributed by atoms with Gasteiger partial charge in [-0.05, 0) is 43.0 Å². The Kier molecular flexibility index (Phi) is 7.11. The highest BCUT2D eigenvalue weighted by Gasteiger charge is 2.14. The van der Waals surface area contributed by atoms with Crippen molar-refractivity contribution >= 4 is 34.5 Å². The molecule has 2 aromatic carbocycles. The van der Waals surface area contributed by atoms with E-state index in [1.54, 1.807) is 4.68 Å². The Morgan fingerprint density at radius 1 is 1.03 bits per heavy atom. The number of hydrogen-bond donors (Lipinski definition) is 1. The topological polar surface area (TPSA) is 85.6 Å². The summed E-state index contributed by atoms with van der Waals surface area (Å²) in [6.07, 6.45) is 4.90. The van der Waals surface area contributed by atoms with Crippen LogP contribution in [-0.2, 0) is 17.8 Å². The molecule has 0 saturated heterocycles. The number of rotatable bonds is 9. The number of unbranched alkanes of at least 4 members (excludes halogenated alkanes) is 1. The van der Waals surface area contributed by atoms with Crippen LogP contribution in [-0.4, -0.2) is 36.6 Å². The van der Waals surface area contributed by atoms with Gasteiger partial charge in [-0.1, -0.05) is 72.3 Å². The first-order valence-electron chi connectivity index (χ1n) is 10.7. The van der Waals surface area contributed by atoms with Gasteiger partial charge in [-0.25, -0.2) is 14.6 Å². The number of carbonyl (C=O) groups is 1. The molecule has 164 valence electrons. The van der Waals surface area contributed by atoms with Crippen molar-refractivity contribution < 1.29 is 4.79 Å². The molecule has 0 aliphatic heterocycles. The Morgan fingerprint density at radius 2 is 1.78 bits per heavy atom. The van der Waals surface area contributed by atoms with E-state index < -0.39 is 0 Å². The smallest absolute Gasteiger partial charge is 0.234 e. The third-order valence-corrected chi connectivity index (χ3v) is 6.09. The summed E-state index contributed by atoms with van der Waals surface area (Å²) in [5.74, 6) is 0.143. The van der Waals surface area contributed by atoms with Gasteiger partial charge < -0.3 is 5.32 Å². The molecule has 4 aromatic rings. The van der Waals surface area contributed by atoms with Crippen molar-refractivity contribution in [1.82, 2.24) is 25.0 Å². The zero-order chi connectivity index (χ0) is 22.3. The second kappa shape index (κ2) is 10.4. The van der Waals surface area contributed by atoms with Crippen LogP contribution in [0.4, 0.5) is 5.69 Å². The van der Waals surface area contributed by atoms with Gasteiger partial charge >= 0.3 is 0 Å². The second-order valence-corrected chi connectivity index (χ2v) is 8.69. The van der Waals surface area contributed by atoms with Crippen LogP contribution in [0, 0.1) is 6.92 Å². The number of aryl methyl sites for hydroxylation is 2. The maximum Gasteiger partial charge on any atom is 0.234 e. The summed E-state index contributed by atoms with van der Waals surface area (Å²) < 4.78 is 1.76. The Bertz CT molecular complexity index is 1190. The van der Waals surface area contributed by atoms with E-state index in [0.29, 0.717) is 22.7 Å². The molecule has 0 aliphatic carbocycles. The zero-order valence-electron chi connectivity index (χ0n) is 18.3. The summed E-state index contributed by atoms with van der Waals surface area (Å²) in [4.78, 5) is 21.1. The first-order chi connectivity index (χ1) is 15.6. The average Bonchev–Trinajstić information content (AvgIpc) is 3.22. The minimum Gasteiger partial charge on any atom is -0.325 e. The molecule has 7 nitrogen and oxygen atoms in total. The highest BCUT2D eigenvalue weighted by Crippen LogP contribution is 2.23. The Hall–Kier alpha value is -3.26. The molecule has 0 radical (unpaired) electrons. The van der Waals surface area contributed by atoms with Gasteiger partial charge in [-0.2, -0.15) is 0 Å². The van der Waals surface area contributed by atoms with Gasteiger partial charge in [-0.15, -0.1) is 5.10 Å². The van der Waals surface area contributed by atoms with Crippen LogP contribution in [0.2, 0.25) is 0 Å². The van der Waals surface area contributed by atoms with E-state index in [9.17, 15) is 4.79 Å². The van der Waals surface area contributed by atoms with Crippen molar-refractivity contribution in [2.24, 2.45) is 0 Å². The number of anilines is 1. The summed E-state index contributed by atoms with van der Waals surface area (Å²) in [6.45, 7) is 4.82. The van der Waals surface area contributed by atoms with E-state index in [2.05, 4.69) is 75.8 Å². The predicted molar refractivity (Wildman–Crippen MR) is 128 cm³/mol. The SMILES string of the molecule is CCCCc1ccc(NC(=O)CSc2ncnc3c2nnn3Cc2ccc(C)cc2)cc1. The fraction of sp³-hybridized carbons (Fsp3) is 0.292. The fourth-order valence-electron chi connectivity index (χ4n) is 3.32. The summed E-state index contributed by atoms with van der Waals surface area (Å²) in [7, 11) is 0. The molecule has 8 heteroatoms. The normalized spacial score (nSPS) is 11.1. The molecular formula is C24H26N6OS. The standard InChI is InChI=1S/C24H26N6OS/c1-3-4-5-18-10-12-20(13-11-18)27-21(31)15-32-24-22-23(25-16-26-24)30(29-28-22)14-19-8-6-17(2)7-9-19/h6-13,16H,3-5,14-15H2,1-2H3,(H,27,31). The molecule has 0 bridgehead atoms. The second-order valence-electron chi connectivity index (χ2n) is 7.72. The number of aromatic nitrogens is 5. The molecule has 2 heterocycles. The number of fused-ring (bicyclic) bond motifs is 1. The van der Waals surface area contributed by atoms with Crippen LogP contribution in [0.3, 0.4) is 0 Å². The maximum absolute atomic E-state index is 12.4. The number of nitrogens with one attached hydrogen (secondary N) is 1. The third kappa shape index (κ3) is 5.50. The van der Waals surface area contributed by atoms with E-state index in [1.165, 1.54) is 42.1 Å². The monoisotopic (exact) mass is 446 g/mol. The fourth-order valence-corrected chi connectivity index (χ4v) is 4.05. The minimum atomic E-state index is -0.0879. The Balaban J connectivity index is 1.38. The van der Waals surface area contributed by atoms with Crippen LogP contribution in [0.25, 0.3) is 11.2 Å². The van der Waals surface area contributed by atoms with Crippen molar-refractivity contribution in [2.45, 2.75) is 44.7 Å². The quantitative estimate of drug-likeness (QED) is 0.297. The predicted octanol–water partition coefficient (Wildman–Crippen LogP) is 4.65. The van der Waals surface area contributed by atoms with Gasteiger partial charge in [0.2, 0.25) is 5.91 Å². The van der Waals surface area contributed by atoms with Gasteiger partial charge in [0.05, 0.1) is 12.3 Å². The van der Waals surface area contributed by atoms with Crippen molar-refractivity contribution in [3.05, 3.63) is 71.5 Å². The molecule has 1 N–H and O–H groups in total. The van der Waals surface area contributed by atoms with E-state index in [4.69, 9.17) is 0 Å². The lowest BCUT2D eigenvalue weighted by Gasteiger charge is -2.07.